The van der Waals surface area contributed by atoms with Crippen molar-refractivity contribution in [3.8, 4) is 11.3 Å². The summed E-state index contributed by atoms with van der Waals surface area (Å²) in [6, 6.07) is 13.2. The van der Waals surface area contributed by atoms with Crippen LogP contribution in [0.4, 0.5) is 0 Å². The van der Waals surface area contributed by atoms with Crippen molar-refractivity contribution < 1.29 is 9.90 Å². The van der Waals surface area contributed by atoms with Gasteiger partial charge in [0.1, 0.15) is 0 Å². The van der Waals surface area contributed by atoms with Crippen molar-refractivity contribution in [2.75, 3.05) is 0 Å². The van der Waals surface area contributed by atoms with Crippen LogP contribution in [0.1, 0.15) is 10.4 Å². The number of aromatic carboxylic acids is 1. The van der Waals surface area contributed by atoms with Crippen LogP contribution in [0.25, 0.3) is 22.2 Å². The Morgan fingerprint density at radius 2 is 1.89 bits per heavy atom. The number of pyridine rings is 2. The molecule has 1 aromatic carbocycles. The molecule has 0 fully saturated rings. The van der Waals surface area contributed by atoms with Crippen molar-refractivity contribution in [3.63, 3.8) is 0 Å². The molecule has 4 nitrogen and oxygen atoms in total. The third kappa shape index (κ3) is 2.15. The van der Waals surface area contributed by atoms with Crippen molar-refractivity contribution in [1.29, 1.82) is 0 Å². The lowest BCUT2D eigenvalue weighted by Crippen LogP contribution is -1.97. The van der Waals surface area contributed by atoms with E-state index in [0.29, 0.717) is 11.3 Å². The average molecular weight is 250 g/mol. The van der Waals surface area contributed by atoms with Crippen LogP contribution in [0, 0.1) is 0 Å². The normalized spacial score (nSPS) is 10.5. The van der Waals surface area contributed by atoms with Gasteiger partial charge in [-0.05, 0) is 18.2 Å². The van der Waals surface area contributed by atoms with E-state index in [1.54, 1.807) is 12.3 Å². The molecule has 1 N–H and O–H groups in total. The second kappa shape index (κ2) is 4.49. The largest absolute Gasteiger partial charge is 0.478 e. The van der Waals surface area contributed by atoms with Gasteiger partial charge in [-0.2, -0.15) is 0 Å². The molecule has 3 rings (SSSR count). The summed E-state index contributed by atoms with van der Waals surface area (Å²) in [4.78, 5) is 19.4. The molecule has 0 aliphatic rings. The molecular weight excluding hydrogens is 240 g/mol. The maximum absolute atomic E-state index is 10.9. The standard InChI is InChI=1S/C15H10N2O2/c18-15(19)12-7-11(8-16-9-12)14-6-5-10-3-1-2-4-13(10)17-14/h1-9H,(H,18,19). The van der Waals surface area contributed by atoms with Gasteiger partial charge in [0.15, 0.2) is 0 Å². The van der Waals surface area contributed by atoms with Crippen LogP contribution in [0.3, 0.4) is 0 Å². The van der Waals surface area contributed by atoms with Gasteiger partial charge in [0.25, 0.3) is 0 Å². The molecule has 0 saturated heterocycles. The van der Waals surface area contributed by atoms with Gasteiger partial charge in [-0.1, -0.05) is 24.3 Å². The summed E-state index contributed by atoms with van der Waals surface area (Å²) in [6.07, 6.45) is 2.94. The van der Waals surface area contributed by atoms with Crippen LogP contribution in [0.2, 0.25) is 0 Å². The molecule has 2 aromatic heterocycles. The molecule has 92 valence electrons. The fraction of sp³-hybridized carbons (Fsp3) is 0. The van der Waals surface area contributed by atoms with Crippen molar-refractivity contribution in [3.05, 3.63) is 60.4 Å². The van der Waals surface area contributed by atoms with E-state index in [1.807, 2.05) is 36.4 Å². The van der Waals surface area contributed by atoms with Crippen LogP contribution in [0.5, 0.6) is 0 Å². The molecular formula is C15H10N2O2. The van der Waals surface area contributed by atoms with Gasteiger partial charge in [0.2, 0.25) is 0 Å². The zero-order valence-electron chi connectivity index (χ0n) is 9.95. The van der Waals surface area contributed by atoms with Gasteiger partial charge in [-0.15, -0.1) is 0 Å². The fourth-order valence-electron chi connectivity index (χ4n) is 1.92. The van der Waals surface area contributed by atoms with Crippen molar-refractivity contribution >= 4 is 16.9 Å². The maximum Gasteiger partial charge on any atom is 0.337 e. The molecule has 0 spiro atoms. The zero-order chi connectivity index (χ0) is 13.2. The van der Waals surface area contributed by atoms with E-state index in [2.05, 4.69) is 9.97 Å². The Bertz CT molecular complexity index is 769. The summed E-state index contributed by atoms with van der Waals surface area (Å²) >= 11 is 0. The molecule has 0 bridgehead atoms. The summed E-state index contributed by atoms with van der Waals surface area (Å²) in [5.74, 6) is -0.991. The minimum absolute atomic E-state index is 0.160. The molecule has 0 aliphatic heterocycles. The first-order chi connectivity index (χ1) is 9.24. The van der Waals surface area contributed by atoms with Crippen LogP contribution in [0.15, 0.2) is 54.9 Å². The minimum Gasteiger partial charge on any atom is -0.478 e. The Hall–Kier alpha value is -2.75. The predicted octanol–water partition coefficient (Wildman–Crippen LogP) is 3.00. The first kappa shape index (κ1) is 11.3. The van der Waals surface area contributed by atoms with Crippen molar-refractivity contribution in [2.24, 2.45) is 0 Å². The number of aromatic nitrogens is 2. The van der Waals surface area contributed by atoms with Gasteiger partial charge in [-0.25, -0.2) is 9.78 Å². The molecule has 0 saturated carbocycles. The second-order valence-corrected chi connectivity index (χ2v) is 4.16. The van der Waals surface area contributed by atoms with E-state index in [4.69, 9.17) is 5.11 Å². The summed E-state index contributed by atoms with van der Waals surface area (Å²) in [5.41, 5.74) is 2.45. The van der Waals surface area contributed by atoms with Crippen LogP contribution < -0.4 is 0 Å². The van der Waals surface area contributed by atoms with Gasteiger partial charge >= 0.3 is 5.97 Å². The van der Waals surface area contributed by atoms with Crippen molar-refractivity contribution in [2.45, 2.75) is 0 Å². The second-order valence-electron chi connectivity index (χ2n) is 4.16. The first-order valence-electron chi connectivity index (χ1n) is 5.78. The number of benzene rings is 1. The number of carbonyl (C=O) groups is 1. The fourth-order valence-corrected chi connectivity index (χ4v) is 1.92. The van der Waals surface area contributed by atoms with E-state index >= 15 is 0 Å². The molecule has 0 unspecified atom stereocenters. The van der Waals surface area contributed by atoms with E-state index in [9.17, 15) is 4.79 Å². The number of carboxylic acids is 1. The molecule has 3 aromatic rings. The molecule has 2 heterocycles. The van der Waals surface area contributed by atoms with E-state index in [0.717, 1.165) is 10.9 Å². The summed E-state index contributed by atoms with van der Waals surface area (Å²) in [5, 5.41) is 10.0. The van der Waals surface area contributed by atoms with Crippen molar-refractivity contribution in [1.82, 2.24) is 9.97 Å². The Morgan fingerprint density at radius 3 is 2.74 bits per heavy atom. The number of nitrogens with zero attached hydrogens (tertiary/aromatic N) is 2. The summed E-state index contributed by atoms with van der Waals surface area (Å²) in [6.45, 7) is 0. The van der Waals surface area contributed by atoms with E-state index < -0.39 is 5.97 Å². The number of carboxylic acid groups (broad SMARTS) is 1. The highest BCUT2D eigenvalue weighted by Gasteiger charge is 2.07. The highest BCUT2D eigenvalue weighted by molar-refractivity contribution is 5.89. The first-order valence-corrected chi connectivity index (χ1v) is 5.78. The van der Waals surface area contributed by atoms with Crippen LogP contribution >= 0.6 is 0 Å². The molecule has 4 heteroatoms. The third-order valence-corrected chi connectivity index (χ3v) is 2.88. The topological polar surface area (TPSA) is 63.1 Å². The number of rotatable bonds is 2. The molecule has 19 heavy (non-hydrogen) atoms. The predicted molar refractivity (Wildman–Crippen MR) is 71.9 cm³/mol. The Labute approximate surface area is 109 Å². The molecule has 0 radical (unpaired) electrons. The van der Waals surface area contributed by atoms with Gasteiger partial charge in [-0.3, -0.25) is 4.98 Å². The highest BCUT2D eigenvalue weighted by atomic mass is 16.4. The quantitative estimate of drug-likeness (QED) is 0.759. The van der Waals surface area contributed by atoms with E-state index in [1.165, 1.54) is 6.20 Å². The summed E-state index contributed by atoms with van der Waals surface area (Å²) in [7, 11) is 0. The third-order valence-electron chi connectivity index (χ3n) is 2.88. The SMILES string of the molecule is O=C(O)c1cncc(-c2ccc3ccccc3n2)c1. The molecule has 0 aliphatic carbocycles. The van der Waals surface area contributed by atoms with Gasteiger partial charge < -0.3 is 5.11 Å². The zero-order valence-corrected chi connectivity index (χ0v) is 9.95. The van der Waals surface area contributed by atoms with Crippen LogP contribution in [-0.4, -0.2) is 21.0 Å². The lowest BCUT2D eigenvalue weighted by molar-refractivity contribution is 0.0696. The number of hydrogen-bond donors (Lipinski definition) is 1. The Morgan fingerprint density at radius 1 is 1.05 bits per heavy atom. The number of hydrogen-bond acceptors (Lipinski definition) is 3. The van der Waals surface area contributed by atoms with Gasteiger partial charge in [0.05, 0.1) is 16.8 Å². The van der Waals surface area contributed by atoms with Crippen LogP contribution in [-0.2, 0) is 0 Å². The summed E-state index contributed by atoms with van der Waals surface area (Å²) < 4.78 is 0. The Kier molecular flexibility index (Phi) is 2.68. The maximum atomic E-state index is 10.9. The number of fused-ring (bicyclic) bond motifs is 1. The lowest BCUT2D eigenvalue weighted by Gasteiger charge is -2.03. The Balaban J connectivity index is 2.13. The van der Waals surface area contributed by atoms with Gasteiger partial charge in [0, 0.05) is 23.3 Å². The smallest absolute Gasteiger partial charge is 0.337 e. The van der Waals surface area contributed by atoms with E-state index in [-0.39, 0.29) is 5.56 Å². The monoisotopic (exact) mass is 250 g/mol. The molecule has 0 atom stereocenters. The average Bonchev–Trinajstić information content (AvgIpc) is 2.47. The molecule has 0 amide bonds. The number of para-hydroxylation sites is 1. The minimum atomic E-state index is -0.991. The lowest BCUT2D eigenvalue weighted by atomic mass is 10.1. The highest BCUT2D eigenvalue weighted by Crippen LogP contribution is 2.20.